The number of nitrogens with zero attached hydrogens (tertiary/aromatic N) is 2. The Balaban J connectivity index is 2.27. The summed E-state index contributed by atoms with van der Waals surface area (Å²) >= 11 is 6.04. The van der Waals surface area contributed by atoms with E-state index in [0.717, 1.165) is 11.3 Å². The number of halogens is 1. The average molecular weight is 223 g/mol. The van der Waals surface area contributed by atoms with E-state index in [9.17, 15) is 0 Å². The Kier molecular flexibility index (Phi) is 1.89. The molecular weight excluding hydrogens is 212 g/mol. The minimum absolute atomic E-state index is 0.624. The number of fused-ring (bicyclic) bond motifs is 1. The third-order valence-electron chi connectivity index (χ3n) is 2.79. The second kappa shape index (κ2) is 3.14. The number of rotatable bonds is 2. The van der Waals surface area contributed by atoms with Crippen molar-refractivity contribution in [2.75, 3.05) is 7.11 Å². The number of aromatic nitrogens is 2. The molecule has 3 rings (SSSR count). The zero-order valence-electron chi connectivity index (χ0n) is 8.40. The largest absolute Gasteiger partial charge is 0.493 e. The Morgan fingerprint density at radius 1 is 1.53 bits per heavy atom. The molecule has 0 saturated heterocycles. The Morgan fingerprint density at radius 3 is 3.00 bits per heavy atom. The SMILES string of the molecule is COc1c(Cl)ccn2c(C3CC3)ncc12. The van der Waals surface area contributed by atoms with E-state index in [-0.39, 0.29) is 0 Å². The van der Waals surface area contributed by atoms with Crippen molar-refractivity contribution in [2.24, 2.45) is 0 Å². The highest BCUT2D eigenvalue weighted by atomic mass is 35.5. The van der Waals surface area contributed by atoms with Crippen molar-refractivity contribution in [3.05, 3.63) is 29.3 Å². The van der Waals surface area contributed by atoms with E-state index in [2.05, 4.69) is 9.38 Å². The summed E-state index contributed by atoms with van der Waals surface area (Å²) < 4.78 is 7.35. The second-order valence-corrected chi connectivity index (χ2v) is 4.25. The van der Waals surface area contributed by atoms with Gasteiger partial charge in [-0.3, -0.25) is 0 Å². The molecule has 3 nitrogen and oxygen atoms in total. The van der Waals surface area contributed by atoms with Crippen LogP contribution >= 0.6 is 11.6 Å². The molecule has 78 valence electrons. The molecule has 1 aliphatic rings. The summed E-state index contributed by atoms with van der Waals surface area (Å²) in [6.07, 6.45) is 6.27. The summed E-state index contributed by atoms with van der Waals surface area (Å²) in [5.41, 5.74) is 0.951. The van der Waals surface area contributed by atoms with Crippen LogP contribution in [-0.4, -0.2) is 16.5 Å². The molecule has 2 aromatic heterocycles. The highest BCUT2D eigenvalue weighted by Crippen LogP contribution is 2.41. The Hall–Kier alpha value is -1.22. The van der Waals surface area contributed by atoms with Gasteiger partial charge in [-0.25, -0.2) is 4.98 Å². The zero-order chi connectivity index (χ0) is 10.4. The maximum Gasteiger partial charge on any atom is 0.163 e. The van der Waals surface area contributed by atoms with Gasteiger partial charge < -0.3 is 9.14 Å². The van der Waals surface area contributed by atoms with Gasteiger partial charge in [0.25, 0.3) is 0 Å². The van der Waals surface area contributed by atoms with E-state index in [4.69, 9.17) is 16.3 Å². The van der Waals surface area contributed by atoms with Crippen LogP contribution in [-0.2, 0) is 0 Å². The van der Waals surface area contributed by atoms with Crippen molar-refractivity contribution >= 4 is 17.1 Å². The summed E-state index contributed by atoms with van der Waals surface area (Å²) in [6, 6.07) is 1.85. The molecule has 1 aliphatic carbocycles. The number of pyridine rings is 1. The van der Waals surface area contributed by atoms with E-state index >= 15 is 0 Å². The summed E-state index contributed by atoms with van der Waals surface area (Å²) in [6.45, 7) is 0. The number of hydrogen-bond acceptors (Lipinski definition) is 2. The van der Waals surface area contributed by atoms with Crippen molar-refractivity contribution in [1.29, 1.82) is 0 Å². The molecule has 1 fully saturated rings. The van der Waals surface area contributed by atoms with Crippen molar-refractivity contribution in [1.82, 2.24) is 9.38 Å². The summed E-state index contributed by atoms with van der Waals surface area (Å²) in [5.74, 6) is 2.46. The van der Waals surface area contributed by atoms with Crippen LogP contribution in [0.4, 0.5) is 0 Å². The fourth-order valence-corrected chi connectivity index (χ4v) is 2.11. The molecule has 0 atom stereocenters. The van der Waals surface area contributed by atoms with Crippen LogP contribution < -0.4 is 4.74 Å². The molecule has 0 aromatic carbocycles. The van der Waals surface area contributed by atoms with E-state index < -0.39 is 0 Å². The van der Waals surface area contributed by atoms with E-state index in [1.54, 1.807) is 7.11 Å². The van der Waals surface area contributed by atoms with Gasteiger partial charge in [-0.1, -0.05) is 11.6 Å². The zero-order valence-corrected chi connectivity index (χ0v) is 9.16. The van der Waals surface area contributed by atoms with Gasteiger partial charge >= 0.3 is 0 Å². The van der Waals surface area contributed by atoms with Crippen molar-refractivity contribution in [3.63, 3.8) is 0 Å². The van der Waals surface area contributed by atoms with Crippen LogP contribution in [0.2, 0.25) is 5.02 Å². The molecule has 2 heterocycles. The molecule has 0 aliphatic heterocycles. The maximum absolute atomic E-state index is 6.04. The van der Waals surface area contributed by atoms with Crippen LogP contribution in [0.15, 0.2) is 18.5 Å². The van der Waals surface area contributed by atoms with Crippen LogP contribution in [0.1, 0.15) is 24.6 Å². The Morgan fingerprint density at radius 2 is 2.33 bits per heavy atom. The highest BCUT2D eigenvalue weighted by Gasteiger charge is 2.28. The highest BCUT2D eigenvalue weighted by molar-refractivity contribution is 6.32. The van der Waals surface area contributed by atoms with Crippen LogP contribution in [0.3, 0.4) is 0 Å². The molecule has 0 spiro atoms. The Bertz CT molecular complexity index is 517. The van der Waals surface area contributed by atoms with Gasteiger partial charge in [0, 0.05) is 12.1 Å². The molecule has 0 N–H and O–H groups in total. The second-order valence-electron chi connectivity index (χ2n) is 3.84. The van der Waals surface area contributed by atoms with Crippen LogP contribution in [0.25, 0.3) is 5.52 Å². The van der Waals surface area contributed by atoms with E-state index in [1.807, 2.05) is 18.5 Å². The topological polar surface area (TPSA) is 26.5 Å². The fraction of sp³-hybridized carbons (Fsp3) is 0.364. The first-order chi connectivity index (χ1) is 7.31. The lowest BCUT2D eigenvalue weighted by Crippen LogP contribution is -1.94. The molecule has 1 saturated carbocycles. The summed E-state index contributed by atoms with van der Waals surface area (Å²) in [5, 5.41) is 0.632. The normalized spacial score (nSPS) is 15.9. The predicted molar refractivity (Wildman–Crippen MR) is 58.7 cm³/mol. The lowest BCUT2D eigenvalue weighted by molar-refractivity contribution is 0.418. The lowest BCUT2D eigenvalue weighted by atomic mass is 10.3. The molecule has 2 aromatic rings. The quantitative estimate of drug-likeness (QED) is 0.781. The van der Waals surface area contributed by atoms with Gasteiger partial charge in [0.05, 0.1) is 18.3 Å². The number of imidazole rings is 1. The van der Waals surface area contributed by atoms with Gasteiger partial charge in [0.1, 0.15) is 11.3 Å². The number of ether oxygens (including phenoxy) is 1. The Labute approximate surface area is 92.6 Å². The van der Waals surface area contributed by atoms with Gasteiger partial charge in [0.2, 0.25) is 0 Å². The van der Waals surface area contributed by atoms with Crippen molar-refractivity contribution in [3.8, 4) is 5.75 Å². The molecule has 4 heteroatoms. The fourth-order valence-electron chi connectivity index (χ4n) is 1.88. The first kappa shape index (κ1) is 9.04. The maximum atomic E-state index is 6.04. The molecule has 0 amide bonds. The minimum Gasteiger partial charge on any atom is -0.493 e. The first-order valence-corrected chi connectivity index (χ1v) is 5.38. The van der Waals surface area contributed by atoms with Gasteiger partial charge in [-0.15, -0.1) is 0 Å². The standard InChI is InChI=1S/C11H11ClN2O/c1-15-10-8(12)4-5-14-9(10)6-13-11(14)7-2-3-7/h4-7H,2-3H2,1H3. The molecular formula is C11H11ClN2O. The smallest absolute Gasteiger partial charge is 0.163 e. The van der Waals surface area contributed by atoms with Crippen molar-refractivity contribution < 1.29 is 4.74 Å². The molecule has 0 bridgehead atoms. The van der Waals surface area contributed by atoms with E-state index in [1.165, 1.54) is 12.8 Å². The summed E-state index contributed by atoms with van der Waals surface area (Å²) in [7, 11) is 1.63. The molecule has 0 radical (unpaired) electrons. The van der Waals surface area contributed by atoms with Gasteiger partial charge in [-0.05, 0) is 18.9 Å². The minimum atomic E-state index is 0.624. The average Bonchev–Trinajstić information content (AvgIpc) is 2.99. The summed E-state index contributed by atoms with van der Waals surface area (Å²) in [4.78, 5) is 4.43. The molecule has 15 heavy (non-hydrogen) atoms. The third-order valence-corrected chi connectivity index (χ3v) is 3.09. The van der Waals surface area contributed by atoms with E-state index in [0.29, 0.717) is 16.7 Å². The predicted octanol–water partition coefficient (Wildman–Crippen LogP) is 2.87. The third kappa shape index (κ3) is 1.30. The van der Waals surface area contributed by atoms with Crippen LogP contribution in [0.5, 0.6) is 5.75 Å². The first-order valence-electron chi connectivity index (χ1n) is 5.00. The van der Waals surface area contributed by atoms with Crippen LogP contribution in [0, 0.1) is 0 Å². The van der Waals surface area contributed by atoms with Crippen molar-refractivity contribution in [2.45, 2.75) is 18.8 Å². The number of methoxy groups -OCH3 is 1. The number of hydrogen-bond donors (Lipinski definition) is 0. The molecule has 0 unspecified atom stereocenters. The van der Waals surface area contributed by atoms with Gasteiger partial charge in [0.15, 0.2) is 5.75 Å². The monoisotopic (exact) mass is 222 g/mol. The van der Waals surface area contributed by atoms with Gasteiger partial charge in [-0.2, -0.15) is 0 Å². The lowest BCUT2D eigenvalue weighted by Gasteiger charge is -2.06.